The fourth-order valence-corrected chi connectivity index (χ4v) is 2.78. The standard InChI is InChI=1S/C11H18N4O/c1-7-6-8(16)10-9(7)11(14-13-10)15-4-2-12-3-5-15/h7-8,12,16H,2-6H2,1H3,(H,13,14)/t7-,8-/m1/s1. The van der Waals surface area contributed by atoms with E-state index in [1.165, 1.54) is 5.56 Å². The number of hydrogen-bond acceptors (Lipinski definition) is 4. The van der Waals surface area contributed by atoms with Crippen LogP contribution in [0.25, 0.3) is 0 Å². The molecule has 88 valence electrons. The molecule has 0 unspecified atom stereocenters. The molecule has 0 amide bonds. The number of piperazine rings is 1. The van der Waals surface area contributed by atoms with E-state index < -0.39 is 0 Å². The molecular weight excluding hydrogens is 204 g/mol. The molecule has 5 nitrogen and oxygen atoms in total. The summed E-state index contributed by atoms with van der Waals surface area (Å²) in [7, 11) is 0. The molecule has 2 heterocycles. The summed E-state index contributed by atoms with van der Waals surface area (Å²) in [6.45, 7) is 6.19. The van der Waals surface area contributed by atoms with Gasteiger partial charge in [-0.1, -0.05) is 6.92 Å². The first kappa shape index (κ1) is 10.1. The number of rotatable bonds is 1. The minimum absolute atomic E-state index is 0.353. The predicted molar refractivity (Wildman–Crippen MR) is 61.7 cm³/mol. The maximum atomic E-state index is 9.86. The highest BCUT2D eigenvalue weighted by Gasteiger charge is 2.33. The van der Waals surface area contributed by atoms with Gasteiger partial charge in [-0.3, -0.25) is 5.10 Å². The molecule has 2 atom stereocenters. The number of nitrogens with one attached hydrogen (secondary N) is 2. The number of hydrogen-bond donors (Lipinski definition) is 3. The third-order valence-electron chi connectivity index (χ3n) is 3.63. The summed E-state index contributed by atoms with van der Waals surface area (Å²) in [6, 6.07) is 0. The molecular formula is C11H18N4O. The first-order valence-electron chi connectivity index (χ1n) is 5.99. The number of H-pyrrole nitrogens is 1. The van der Waals surface area contributed by atoms with Crippen molar-refractivity contribution in [3.63, 3.8) is 0 Å². The molecule has 5 heteroatoms. The summed E-state index contributed by atoms with van der Waals surface area (Å²) in [6.07, 6.45) is 0.470. The number of aliphatic hydroxyl groups is 1. The molecule has 0 saturated carbocycles. The summed E-state index contributed by atoms with van der Waals surface area (Å²) in [5, 5.41) is 20.6. The lowest BCUT2D eigenvalue weighted by Gasteiger charge is -2.28. The van der Waals surface area contributed by atoms with Crippen molar-refractivity contribution in [3.8, 4) is 0 Å². The van der Waals surface area contributed by atoms with E-state index in [1.807, 2.05) is 0 Å². The lowest BCUT2D eigenvalue weighted by molar-refractivity contribution is 0.170. The summed E-state index contributed by atoms with van der Waals surface area (Å²) >= 11 is 0. The Morgan fingerprint density at radius 3 is 2.88 bits per heavy atom. The van der Waals surface area contributed by atoms with E-state index >= 15 is 0 Å². The fourth-order valence-electron chi connectivity index (χ4n) is 2.78. The summed E-state index contributed by atoms with van der Waals surface area (Å²) in [5.41, 5.74) is 2.16. The molecule has 3 rings (SSSR count). The minimum Gasteiger partial charge on any atom is -0.387 e. The molecule has 1 saturated heterocycles. The second-order valence-corrected chi connectivity index (χ2v) is 4.76. The molecule has 0 aromatic carbocycles. The molecule has 16 heavy (non-hydrogen) atoms. The predicted octanol–water partition coefficient (Wildman–Crippen LogP) is 0.360. The van der Waals surface area contributed by atoms with Crippen molar-refractivity contribution in [2.24, 2.45) is 0 Å². The van der Waals surface area contributed by atoms with E-state index in [-0.39, 0.29) is 6.10 Å². The number of aromatic nitrogens is 2. The molecule has 3 N–H and O–H groups in total. The number of anilines is 1. The van der Waals surface area contributed by atoms with Gasteiger partial charge in [-0.05, 0) is 12.3 Å². The second kappa shape index (κ2) is 3.75. The fraction of sp³-hybridized carbons (Fsp3) is 0.727. The van der Waals surface area contributed by atoms with Crippen LogP contribution in [0.5, 0.6) is 0 Å². The first-order valence-corrected chi connectivity index (χ1v) is 5.99. The Kier molecular flexibility index (Phi) is 2.37. The third kappa shape index (κ3) is 1.43. The Labute approximate surface area is 94.8 Å². The van der Waals surface area contributed by atoms with E-state index in [2.05, 4.69) is 27.3 Å². The zero-order chi connectivity index (χ0) is 11.1. The van der Waals surface area contributed by atoms with E-state index in [1.54, 1.807) is 0 Å². The minimum atomic E-state index is -0.353. The normalized spacial score (nSPS) is 29.5. The van der Waals surface area contributed by atoms with Crippen molar-refractivity contribution in [2.45, 2.75) is 25.4 Å². The van der Waals surface area contributed by atoms with Crippen LogP contribution in [0, 0.1) is 0 Å². The van der Waals surface area contributed by atoms with Crippen molar-refractivity contribution in [2.75, 3.05) is 31.1 Å². The van der Waals surface area contributed by atoms with Crippen molar-refractivity contribution < 1.29 is 5.11 Å². The highest BCUT2D eigenvalue weighted by Crippen LogP contribution is 2.43. The van der Waals surface area contributed by atoms with Gasteiger partial charge in [-0.2, -0.15) is 5.10 Å². The lowest BCUT2D eigenvalue weighted by atomic mass is 10.1. The van der Waals surface area contributed by atoms with Crippen LogP contribution >= 0.6 is 0 Å². The number of nitrogens with zero attached hydrogens (tertiary/aromatic N) is 2. The Morgan fingerprint density at radius 1 is 1.38 bits per heavy atom. The molecule has 1 aliphatic carbocycles. The zero-order valence-corrected chi connectivity index (χ0v) is 9.53. The van der Waals surface area contributed by atoms with E-state index in [4.69, 9.17) is 0 Å². The third-order valence-corrected chi connectivity index (χ3v) is 3.63. The van der Waals surface area contributed by atoms with E-state index in [0.29, 0.717) is 5.92 Å². The number of fused-ring (bicyclic) bond motifs is 1. The molecule has 1 fully saturated rings. The van der Waals surface area contributed by atoms with E-state index in [9.17, 15) is 5.11 Å². The van der Waals surface area contributed by atoms with Crippen LogP contribution in [0.4, 0.5) is 5.82 Å². The molecule has 0 bridgehead atoms. The van der Waals surface area contributed by atoms with Crippen LogP contribution in [0.3, 0.4) is 0 Å². The maximum absolute atomic E-state index is 9.86. The van der Waals surface area contributed by atoms with Crippen LogP contribution in [0.2, 0.25) is 0 Å². The molecule has 1 aliphatic heterocycles. The average Bonchev–Trinajstić information content (AvgIpc) is 2.84. The van der Waals surface area contributed by atoms with Gasteiger partial charge in [0.25, 0.3) is 0 Å². The molecule has 1 aromatic rings. The number of aromatic amines is 1. The van der Waals surface area contributed by atoms with Gasteiger partial charge < -0.3 is 15.3 Å². The van der Waals surface area contributed by atoms with Gasteiger partial charge in [-0.15, -0.1) is 0 Å². The summed E-state index contributed by atoms with van der Waals surface area (Å²) < 4.78 is 0. The van der Waals surface area contributed by atoms with Crippen LogP contribution < -0.4 is 10.2 Å². The first-order chi connectivity index (χ1) is 7.77. The van der Waals surface area contributed by atoms with Crippen molar-refractivity contribution in [3.05, 3.63) is 11.3 Å². The smallest absolute Gasteiger partial charge is 0.154 e. The van der Waals surface area contributed by atoms with Gasteiger partial charge >= 0.3 is 0 Å². The van der Waals surface area contributed by atoms with E-state index in [0.717, 1.165) is 44.1 Å². The monoisotopic (exact) mass is 222 g/mol. The highest BCUT2D eigenvalue weighted by atomic mass is 16.3. The van der Waals surface area contributed by atoms with Gasteiger partial charge in [0.15, 0.2) is 5.82 Å². The molecule has 1 aromatic heterocycles. The molecule has 0 radical (unpaired) electrons. The van der Waals surface area contributed by atoms with Crippen LogP contribution in [0.1, 0.15) is 36.6 Å². The van der Waals surface area contributed by atoms with Gasteiger partial charge in [0.1, 0.15) is 0 Å². The summed E-state index contributed by atoms with van der Waals surface area (Å²) in [4.78, 5) is 2.31. The van der Waals surface area contributed by atoms with Gasteiger partial charge in [0.05, 0.1) is 11.8 Å². The Hall–Kier alpha value is -1.07. The Bertz CT molecular complexity index is 383. The van der Waals surface area contributed by atoms with Crippen LogP contribution in [-0.4, -0.2) is 41.5 Å². The lowest BCUT2D eigenvalue weighted by Crippen LogP contribution is -2.44. The second-order valence-electron chi connectivity index (χ2n) is 4.76. The molecule has 0 spiro atoms. The summed E-state index contributed by atoms with van der Waals surface area (Å²) in [5.74, 6) is 1.47. The average molecular weight is 222 g/mol. The van der Waals surface area contributed by atoms with Crippen molar-refractivity contribution in [1.29, 1.82) is 0 Å². The van der Waals surface area contributed by atoms with Crippen LogP contribution in [-0.2, 0) is 0 Å². The largest absolute Gasteiger partial charge is 0.387 e. The van der Waals surface area contributed by atoms with Crippen LogP contribution in [0.15, 0.2) is 0 Å². The van der Waals surface area contributed by atoms with Gasteiger partial charge in [-0.25, -0.2) is 0 Å². The highest BCUT2D eigenvalue weighted by molar-refractivity contribution is 5.54. The molecule has 2 aliphatic rings. The number of aliphatic hydroxyl groups excluding tert-OH is 1. The quantitative estimate of drug-likeness (QED) is 0.642. The van der Waals surface area contributed by atoms with Gasteiger partial charge in [0.2, 0.25) is 0 Å². The Morgan fingerprint density at radius 2 is 2.12 bits per heavy atom. The van der Waals surface area contributed by atoms with Gasteiger partial charge in [0, 0.05) is 31.7 Å². The van der Waals surface area contributed by atoms with Crippen molar-refractivity contribution >= 4 is 5.82 Å². The maximum Gasteiger partial charge on any atom is 0.154 e. The topological polar surface area (TPSA) is 64.2 Å². The zero-order valence-electron chi connectivity index (χ0n) is 9.53. The Balaban J connectivity index is 1.93. The SMILES string of the molecule is C[C@@H]1C[C@@H](O)c2[nH]nc(N3CCNCC3)c21. The van der Waals surface area contributed by atoms with Crippen molar-refractivity contribution in [1.82, 2.24) is 15.5 Å².